The zero-order valence-corrected chi connectivity index (χ0v) is 17.7. The van der Waals surface area contributed by atoms with Crippen LogP contribution < -0.4 is 5.32 Å². The lowest BCUT2D eigenvalue weighted by molar-refractivity contribution is 0.102. The summed E-state index contributed by atoms with van der Waals surface area (Å²) in [6.45, 7) is 0.930. The molecule has 4 rings (SSSR count). The molecule has 1 aliphatic rings. The second-order valence-corrected chi connectivity index (χ2v) is 9.60. The number of benzene rings is 2. The molecule has 0 unspecified atom stereocenters. The molecule has 0 spiro atoms. The summed E-state index contributed by atoms with van der Waals surface area (Å²) < 4.78 is 25.3. The number of nitrogens with zero attached hydrogens (tertiary/aromatic N) is 3. The van der Waals surface area contributed by atoms with Crippen molar-refractivity contribution in [1.82, 2.24) is 14.8 Å². The van der Waals surface area contributed by atoms with E-state index >= 15 is 0 Å². The van der Waals surface area contributed by atoms with Gasteiger partial charge < -0.3 is 9.88 Å². The molecule has 0 fully saturated rings. The topological polar surface area (TPSA) is 93.9 Å². The first kappa shape index (κ1) is 20.3. The highest BCUT2D eigenvalue weighted by Crippen LogP contribution is 2.24. The van der Waals surface area contributed by atoms with Crippen molar-refractivity contribution in [1.29, 1.82) is 0 Å². The molecule has 0 saturated carbocycles. The fourth-order valence-electron chi connectivity index (χ4n) is 3.63. The molecule has 8 heteroatoms. The zero-order valence-electron chi connectivity index (χ0n) is 16.8. The summed E-state index contributed by atoms with van der Waals surface area (Å²) in [4.78, 5) is 12.7. The molecular formula is C22H24N4O3S. The minimum Gasteiger partial charge on any atom is -0.322 e. The van der Waals surface area contributed by atoms with Gasteiger partial charge in [-0.1, -0.05) is 12.8 Å². The van der Waals surface area contributed by atoms with Gasteiger partial charge in [-0.25, -0.2) is 8.42 Å². The molecule has 1 amide bonds. The molecule has 1 aromatic heterocycles. The average Bonchev–Trinajstić information content (AvgIpc) is 3.09. The van der Waals surface area contributed by atoms with Crippen molar-refractivity contribution in [2.24, 2.45) is 0 Å². The summed E-state index contributed by atoms with van der Waals surface area (Å²) in [5.74, 6) is 1.61. The van der Waals surface area contributed by atoms with Crippen molar-refractivity contribution in [3.63, 3.8) is 0 Å². The Morgan fingerprint density at radius 3 is 2.33 bits per heavy atom. The molecule has 0 atom stereocenters. The number of nitrogens with one attached hydrogen (secondary N) is 1. The third-order valence-electron chi connectivity index (χ3n) is 5.31. The Morgan fingerprint density at radius 2 is 1.63 bits per heavy atom. The van der Waals surface area contributed by atoms with E-state index in [1.165, 1.54) is 37.1 Å². The van der Waals surface area contributed by atoms with Gasteiger partial charge in [0.15, 0.2) is 15.7 Å². The molecule has 156 valence electrons. The van der Waals surface area contributed by atoms with Crippen LogP contribution in [0.15, 0.2) is 53.4 Å². The van der Waals surface area contributed by atoms with Crippen LogP contribution in [0.5, 0.6) is 0 Å². The van der Waals surface area contributed by atoms with E-state index in [-0.39, 0.29) is 10.8 Å². The zero-order chi connectivity index (χ0) is 21.1. The summed E-state index contributed by atoms with van der Waals surface area (Å²) in [5, 5.41) is 11.6. The lowest BCUT2D eigenvalue weighted by atomic mass is 10.1. The largest absolute Gasteiger partial charge is 0.322 e. The highest BCUT2D eigenvalue weighted by molar-refractivity contribution is 7.90. The fraction of sp³-hybridized carbons (Fsp3) is 0.318. The van der Waals surface area contributed by atoms with Crippen LogP contribution in [0.25, 0.3) is 11.4 Å². The van der Waals surface area contributed by atoms with Gasteiger partial charge in [0.2, 0.25) is 0 Å². The number of fused-ring (bicyclic) bond motifs is 1. The number of carbonyl (C=O) groups excluding carboxylic acids is 1. The highest BCUT2D eigenvalue weighted by atomic mass is 32.2. The summed E-state index contributed by atoms with van der Waals surface area (Å²) in [6, 6.07) is 13.4. The Balaban J connectivity index is 1.48. The number of sulfone groups is 1. The van der Waals surface area contributed by atoms with Gasteiger partial charge in [-0.3, -0.25) is 4.79 Å². The third kappa shape index (κ3) is 4.43. The molecule has 0 radical (unpaired) electrons. The number of aromatic nitrogens is 3. The second-order valence-electron chi connectivity index (χ2n) is 7.58. The maximum absolute atomic E-state index is 12.5. The minimum atomic E-state index is -3.29. The molecule has 0 bridgehead atoms. The number of anilines is 1. The van der Waals surface area contributed by atoms with Gasteiger partial charge in [0, 0.05) is 36.0 Å². The normalized spacial score (nSPS) is 14.4. The summed E-state index contributed by atoms with van der Waals surface area (Å²) in [5.41, 5.74) is 2.01. The van der Waals surface area contributed by atoms with E-state index in [1.807, 2.05) is 24.3 Å². The molecule has 1 N–H and O–H groups in total. The predicted molar refractivity (Wildman–Crippen MR) is 115 cm³/mol. The third-order valence-corrected chi connectivity index (χ3v) is 6.43. The SMILES string of the molecule is CS(=O)(=O)c1ccc(C(=O)Nc2ccc(-c3nnc4n3CCCCCC4)cc2)cc1. The van der Waals surface area contributed by atoms with Crippen molar-refractivity contribution in [2.75, 3.05) is 11.6 Å². The van der Waals surface area contributed by atoms with Crippen LogP contribution in [0.3, 0.4) is 0 Å². The van der Waals surface area contributed by atoms with Crippen molar-refractivity contribution < 1.29 is 13.2 Å². The molecule has 2 heterocycles. The van der Waals surface area contributed by atoms with Gasteiger partial charge in [-0.05, 0) is 61.4 Å². The smallest absolute Gasteiger partial charge is 0.255 e. The molecule has 30 heavy (non-hydrogen) atoms. The Bertz CT molecular complexity index is 1150. The van der Waals surface area contributed by atoms with Gasteiger partial charge in [0.05, 0.1) is 4.90 Å². The van der Waals surface area contributed by atoms with E-state index in [1.54, 1.807) is 0 Å². The number of rotatable bonds is 4. The summed E-state index contributed by atoms with van der Waals surface area (Å²) >= 11 is 0. The molecule has 2 aromatic carbocycles. The Kier molecular flexibility index (Phi) is 5.67. The molecule has 1 aliphatic heterocycles. The van der Waals surface area contributed by atoms with E-state index in [9.17, 15) is 13.2 Å². The lowest BCUT2D eigenvalue weighted by Gasteiger charge is -2.13. The predicted octanol–water partition coefficient (Wildman–Crippen LogP) is 3.72. The van der Waals surface area contributed by atoms with Crippen LogP contribution in [0.4, 0.5) is 5.69 Å². The maximum Gasteiger partial charge on any atom is 0.255 e. The van der Waals surface area contributed by atoms with Crippen LogP contribution in [0.1, 0.15) is 41.9 Å². The minimum absolute atomic E-state index is 0.187. The molecule has 3 aromatic rings. The van der Waals surface area contributed by atoms with Crippen LogP contribution >= 0.6 is 0 Å². The first-order chi connectivity index (χ1) is 14.4. The number of carbonyl (C=O) groups is 1. The number of hydrogen-bond acceptors (Lipinski definition) is 5. The van der Waals surface area contributed by atoms with E-state index < -0.39 is 9.84 Å². The van der Waals surface area contributed by atoms with Crippen LogP contribution in [0.2, 0.25) is 0 Å². The second kappa shape index (κ2) is 8.39. The standard InChI is InChI=1S/C22H24N4O3S/c1-30(28,29)19-13-9-17(10-14-19)22(27)23-18-11-7-16(8-12-18)21-25-24-20-6-4-2-3-5-15-26(20)21/h7-14H,2-6,15H2,1H3,(H,23,27). The van der Waals surface area contributed by atoms with Gasteiger partial charge in [0.1, 0.15) is 5.82 Å². The summed E-state index contributed by atoms with van der Waals surface area (Å²) in [7, 11) is -3.29. The van der Waals surface area contributed by atoms with E-state index in [2.05, 4.69) is 20.1 Å². The highest BCUT2D eigenvalue weighted by Gasteiger charge is 2.16. The van der Waals surface area contributed by atoms with E-state index in [0.717, 1.165) is 49.3 Å². The van der Waals surface area contributed by atoms with Crippen molar-refractivity contribution >= 4 is 21.4 Å². The first-order valence-corrected chi connectivity index (χ1v) is 11.9. The number of hydrogen-bond donors (Lipinski definition) is 1. The molecule has 0 aliphatic carbocycles. The number of amides is 1. The Hall–Kier alpha value is -3.00. The quantitative estimate of drug-likeness (QED) is 0.689. The summed E-state index contributed by atoms with van der Waals surface area (Å²) in [6.07, 6.45) is 6.85. The van der Waals surface area contributed by atoms with Crippen LogP contribution in [-0.4, -0.2) is 35.3 Å². The van der Waals surface area contributed by atoms with Crippen molar-refractivity contribution in [3.8, 4) is 11.4 Å². The number of aryl methyl sites for hydroxylation is 1. The van der Waals surface area contributed by atoms with Gasteiger partial charge in [-0.15, -0.1) is 10.2 Å². The monoisotopic (exact) mass is 424 g/mol. The fourth-order valence-corrected chi connectivity index (χ4v) is 4.27. The van der Waals surface area contributed by atoms with Crippen molar-refractivity contribution in [3.05, 3.63) is 59.9 Å². The van der Waals surface area contributed by atoms with Gasteiger partial charge in [0.25, 0.3) is 5.91 Å². The maximum atomic E-state index is 12.5. The molecule has 7 nitrogen and oxygen atoms in total. The first-order valence-electron chi connectivity index (χ1n) is 10.1. The van der Waals surface area contributed by atoms with Gasteiger partial charge >= 0.3 is 0 Å². The Labute approximate surface area is 176 Å². The van der Waals surface area contributed by atoms with Crippen molar-refractivity contribution in [2.45, 2.75) is 43.5 Å². The van der Waals surface area contributed by atoms with Crippen LogP contribution in [0, 0.1) is 0 Å². The van der Waals surface area contributed by atoms with Gasteiger partial charge in [-0.2, -0.15) is 0 Å². The van der Waals surface area contributed by atoms with E-state index in [4.69, 9.17) is 0 Å². The molecule has 0 saturated heterocycles. The van der Waals surface area contributed by atoms with E-state index in [0.29, 0.717) is 11.3 Å². The Morgan fingerprint density at radius 1 is 0.933 bits per heavy atom. The van der Waals surface area contributed by atoms with Crippen LogP contribution in [-0.2, 0) is 22.8 Å². The molecular weight excluding hydrogens is 400 g/mol. The average molecular weight is 425 g/mol. The lowest BCUT2D eigenvalue weighted by Crippen LogP contribution is -2.12.